The van der Waals surface area contributed by atoms with Crippen molar-refractivity contribution in [3.63, 3.8) is 0 Å². The van der Waals surface area contributed by atoms with Crippen molar-refractivity contribution in [2.75, 3.05) is 0 Å². The van der Waals surface area contributed by atoms with Gasteiger partial charge in [0.2, 0.25) is 0 Å². The normalized spacial score (nSPS) is 11.4. The van der Waals surface area contributed by atoms with Crippen molar-refractivity contribution in [1.82, 2.24) is 14.5 Å². The Morgan fingerprint density at radius 1 is 1.03 bits per heavy atom. The van der Waals surface area contributed by atoms with Gasteiger partial charge in [0.1, 0.15) is 16.9 Å². The molecule has 0 saturated carbocycles. The zero-order chi connectivity index (χ0) is 20.7. The number of halogens is 2. The molecule has 1 N–H and O–H groups in total. The molecule has 4 nitrogen and oxygen atoms in total. The highest BCUT2D eigenvalue weighted by atomic mass is 35.5. The van der Waals surface area contributed by atoms with Crippen molar-refractivity contribution < 1.29 is 4.39 Å². The summed E-state index contributed by atoms with van der Waals surface area (Å²) < 4.78 is 15.2. The van der Waals surface area contributed by atoms with E-state index in [2.05, 4.69) is 4.98 Å². The van der Waals surface area contributed by atoms with Gasteiger partial charge >= 0.3 is 0 Å². The first-order valence-electron chi connectivity index (χ1n) is 9.27. The zero-order valence-electron chi connectivity index (χ0n) is 15.6. The number of nitrogens with zero attached hydrogens (tertiary/aromatic N) is 2. The van der Waals surface area contributed by atoms with Gasteiger partial charge in [0.05, 0.1) is 5.69 Å². The van der Waals surface area contributed by atoms with E-state index in [1.807, 2.05) is 30.3 Å². The zero-order valence-corrected chi connectivity index (χ0v) is 17.2. The van der Waals surface area contributed by atoms with Crippen molar-refractivity contribution in [1.29, 1.82) is 0 Å². The molecule has 0 fully saturated rings. The van der Waals surface area contributed by atoms with Gasteiger partial charge in [-0.3, -0.25) is 9.36 Å². The van der Waals surface area contributed by atoms with E-state index in [4.69, 9.17) is 16.6 Å². The fraction of sp³-hybridized carbons (Fsp3) is 0.0435. The molecule has 2 heterocycles. The van der Waals surface area contributed by atoms with Crippen LogP contribution in [-0.4, -0.2) is 14.5 Å². The molecule has 0 saturated heterocycles. The number of aromatic nitrogens is 3. The molecule has 0 radical (unpaired) electrons. The summed E-state index contributed by atoms with van der Waals surface area (Å²) in [5.41, 5.74) is 3.21. The number of thioether (sulfide) groups is 1. The molecule has 5 rings (SSSR count). The number of aromatic amines is 1. The number of para-hydroxylation sites is 1. The van der Waals surface area contributed by atoms with Crippen LogP contribution in [0.5, 0.6) is 0 Å². The lowest BCUT2D eigenvalue weighted by Crippen LogP contribution is -2.21. The number of H-pyrrole nitrogens is 1. The van der Waals surface area contributed by atoms with E-state index >= 15 is 0 Å². The Balaban J connectivity index is 1.71. The molecule has 30 heavy (non-hydrogen) atoms. The van der Waals surface area contributed by atoms with E-state index in [9.17, 15) is 9.18 Å². The maximum atomic E-state index is 13.6. The van der Waals surface area contributed by atoms with Crippen LogP contribution in [0.15, 0.2) is 82.7 Å². The predicted octanol–water partition coefficient (Wildman–Crippen LogP) is 5.95. The minimum Gasteiger partial charge on any atom is -0.349 e. The molecular formula is C23H15ClFN3OS. The minimum absolute atomic E-state index is 0.194. The summed E-state index contributed by atoms with van der Waals surface area (Å²) in [7, 11) is 0. The van der Waals surface area contributed by atoms with Gasteiger partial charge in [0.15, 0.2) is 5.16 Å². The Hall–Kier alpha value is -3.09. The SMILES string of the molecule is O=c1c2[nH]c3ccccc3c2nc(SCc2cccc(F)c2)n1-c1ccc(Cl)cc1. The molecular weight excluding hydrogens is 421 g/mol. The van der Waals surface area contributed by atoms with Crippen LogP contribution in [0.3, 0.4) is 0 Å². The van der Waals surface area contributed by atoms with Gasteiger partial charge in [-0.2, -0.15) is 0 Å². The largest absolute Gasteiger partial charge is 0.349 e. The number of benzene rings is 3. The summed E-state index contributed by atoms with van der Waals surface area (Å²) in [4.78, 5) is 21.5. The lowest BCUT2D eigenvalue weighted by Gasteiger charge is -2.12. The van der Waals surface area contributed by atoms with Crippen LogP contribution >= 0.6 is 23.4 Å². The maximum absolute atomic E-state index is 13.6. The summed E-state index contributed by atoms with van der Waals surface area (Å²) in [6.07, 6.45) is 0. The van der Waals surface area contributed by atoms with E-state index in [1.165, 1.54) is 23.9 Å². The summed E-state index contributed by atoms with van der Waals surface area (Å²) >= 11 is 7.42. The molecule has 0 aliphatic carbocycles. The third-order valence-electron chi connectivity index (χ3n) is 4.84. The first-order valence-corrected chi connectivity index (χ1v) is 10.6. The van der Waals surface area contributed by atoms with Crippen molar-refractivity contribution in [3.05, 3.63) is 99.6 Å². The van der Waals surface area contributed by atoms with Crippen LogP contribution in [0.2, 0.25) is 5.02 Å². The Morgan fingerprint density at radius 3 is 2.63 bits per heavy atom. The molecule has 0 atom stereocenters. The second kappa shape index (κ2) is 7.63. The molecule has 0 aliphatic rings. The second-order valence-corrected chi connectivity index (χ2v) is 8.20. The topological polar surface area (TPSA) is 50.7 Å². The second-order valence-electron chi connectivity index (χ2n) is 6.82. The average Bonchev–Trinajstić information content (AvgIpc) is 3.12. The van der Waals surface area contributed by atoms with Gasteiger partial charge in [-0.25, -0.2) is 9.37 Å². The van der Waals surface area contributed by atoms with Crippen LogP contribution in [0.25, 0.3) is 27.6 Å². The fourth-order valence-electron chi connectivity index (χ4n) is 3.43. The highest BCUT2D eigenvalue weighted by Gasteiger charge is 2.17. The van der Waals surface area contributed by atoms with Gasteiger partial charge in [-0.05, 0) is 48.0 Å². The molecule has 0 amide bonds. The number of rotatable bonds is 4. The van der Waals surface area contributed by atoms with E-state index in [0.717, 1.165) is 16.5 Å². The molecule has 2 aromatic heterocycles. The Bertz CT molecular complexity index is 1440. The third-order valence-corrected chi connectivity index (χ3v) is 6.10. The van der Waals surface area contributed by atoms with Gasteiger partial charge in [-0.15, -0.1) is 0 Å². The standard InChI is InChI=1S/C23H15ClFN3OS/c24-15-8-10-17(11-9-15)28-22(29)21-20(18-6-1-2-7-19(18)26-21)27-23(28)30-13-14-4-3-5-16(25)12-14/h1-12,26H,13H2. The van der Waals surface area contributed by atoms with Crippen LogP contribution < -0.4 is 5.56 Å². The maximum Gasteiger partial charge on any atom is 0.283 e. The number of hydrogen-bond donors (Lipinski definition) is 1. The van der Waals surface area contributed by atoms with Gasteiger partial charge in [0.25, 0.3) is 5.56 Å². The fourth-order valence-corrected chi connectivity index (χ4v) is 4.51. The van der Waals surface area contributed by atoms with Gasteiger partial charge < -0.3 is 4.98 Å². The summed E-state index contributed by atoms with van der Waals surface area (Å²) in [5, 5.41) is 2.00. The smallest absolute Gasteiger partial charge is 0.283 e. The van der Waals surface area contributed by atoms with Crippen LogP contribution in [0.1, 0.15) is 5.56 Å². The quantitative estimate of drug-likeness (QED) is 0.280. The molecule has 0 aliphatic heterocycles. The molecule has 5 aromatic rings. The first kappa shape index (κ1) is 18.9. The molecule has 0 spiro atoms. The highest BCUT2D eigenvalue weighted by Crippen LogP contribution is 2.28. The van der Waals surface area contributed by atoms with Crippen LogP contribution in [-0.2, 0) is 5.75 Å². The monoisotopic (exact) mass is 435 g/mol. The third kappa shape index (κ3) is 3.38. The van der Waals surface area contributed by atoms with Crippen molar-refractivity contribution >= 4 is 45.3 Å². The highest BCUT2D eigenvalue weighted by molar-refractivity contribution is 7.98. The Labute approximate surface area is 180 Å². The summed E-state index contributed by atoms with van der Waals surface area (Å²) in [5.74, 6) is 0.189. The molecule has 0 bridgehead atoms. The van der Waals surface area contributed by atoms with E-state index in [-0.39, 0.29) is 11.4 Å². The van der Waals surface area contributed by atoms with E-state index in [1.54, 1.807) is 34.9 Å². The van der Waals surface area contributed by atoms with Crippen molar-refractivity contribution in [3.8, 4) is 5.69 Å². The average molecular weight is 436 g/mol. The summed E-state index contributed by atoms with van der Waals surface area (Å²) in [6.45, 7) is 0. The van der Waals surface area contributed by atoms with E-state index in [0.29, 0.717) is 32.7 Å². The lowest BCUT2D eigenvalue weighted by molar-refractivity contribution is 0.626. The predicted molar refractivity (Wildman–Crippen MR) is 120 cm³/mol. The number of nitrogens with one attached hydrogen (secondary N) is 1. The van der Waals surface area contributed by atoms with Gasteiger partial charge in [-0.1, -0.05) is 53.7 Å². The molecule has 7 heteroatoms. The minimum atomic E-state index is -0.289. The number of hydrogen-bond acceptors (Lipinski definition) is 3. The van der Waals surface area contributed by atoms with Crippen molar-refractivity contribution in [2.45, 2.75) is 10.9 Å². The summed E-state index contributed by atoms with van der Waals surface area (Å²) in [6, 6.07) is 21.2. The van der Waals surface area contributed by atoms with E-state index < -0.39 is 0 Å². The molecule has 148 valence electrons. The molecule has 3 aromatic carbocycles. The Morgan fingerprint density at radius 2 is 1.83 bits per heavy atom. The van der Waals surface area contributed by atoms with Crippen molar-refractivity contribution in [2.24, 2.45) is 0 Å². The number of fused-ring (bicyclic) bond motifs is 3. The lowest BCUT2D eigenvalue weighted by atomic mass is 10.2. The van der Waals surface area contributed by atoms with Gasteiger partial charge in [0, 0.05) is 21.7 Å². The Kier molecular flexibility index (Phi) is 4.81. The van der Waals surface area contributed by atoms with Crippen LogP contribution in [0.4, 0.5) is 4.39 Å². The first-order chi connectivity index (χ1) is 14.6. The molecule has 0 unspecified atom stereocenters. The van der Waals surface area contributed by atoms with Crippen LogP contribution in [0, 0.1) is 5.82 Å².